The number of hydrogen-bond acceptors (Lipinski definition) is 5. The summed E-state index contributed by atoms with van der Waals surface area (Å²) in [6, 6.07) is 3.95. The third kappa shape index (κ3) is 3.28. The lowest BCUT2D eigenvalue weighted by molar-refractivity contribution is 0.0270. The minimum Gasteiger partial charge on any atom is -0.444 e. The minimum atomic E-state index is -0.479. The zero-order valence-corrected chi connectivity index (χ0v) is 13.6. The van der Waals surface area contributed by atoms with Crippen LogP contribution in [0.2, 0.25) is 0 Å². The predicted octanol–water partition coefficient (Wildman–Crippen LogP) is 2.34. The fourth-order valence-corrected chi connectivity index (χ4v) is 2.55. The van der Waals surface area contributed by atoms with E-state index < -0.39 is 5.60 Å². The van der Waals surface area contributed by atoms with Crippen molar-refractivity contribution in [1.82, 2.24) is 19.5 Å². The predicted molar refractivity (Wildman–Crippen MR) is 87.8 cm³/mol. The van der Waals surface area contributed by atoms with Gasteiger partial charge in [0.25, 0.3) is 0 Å². The molecule has 0 saturated heterocycles. The first-order valence-electron chi connectivity index (χ1n) is 7.61. The summed E-state index contributed by atoms with van der Waals surface area (Å²) < 4.78 is 7.19. The SMILES string of the molecule is CC(C)(C)OC(=O)N1CC=C(c2ccc3cnc(N)nn23)CC1. The number of carbonyl (C=O) groups is 1. The highest BCUT2D eigenvalue weighted by atomic mass is 16.6. The van der Waals surface area contributed by atoms with Crippen LogP contribution in [-0.4, -0.2) is 44.3 Å². The van der Waals surface area contributed by atoms with Gasteiger partial charge in [-0.25, -0.2) is 14.3 Å². The third-order valence-corrected chi connectivity index (χ3v) is 3.61. The number of nitrogens with zero attached hydrogens (tertiary/aromatic N) is 4. The second kappa shape index (κ2) is 5.57. The lowest BCUT2D eigenvalue weighted by atomic mass is 10.1. The molecule has 0 aliphatic carbocycles. The van der Waals surface area contributed by atoms with E-state index in [4.69, 9.17) is 10.5 Å². The van der Waals surface area contributed by atoms with E-state index in [0.29, 0.717) is 13.1 Å². The Balaban J connectivity index is 1.78. The number of amides is 1. The first-order chi connectivity index (χ1) is 10.8. The summed E-state index contributed by atoms with van der Waals surface area (Å²) in [4.78, 5) is 17.8. The first kappa shape index (κ1) is 15.3. The van der Waals surface area contributed by atoms with Crippen molar-refractivity contribution < 1.29 is 9.53 Å². The number of ether oxygens (including phenoxy) is 1. The summed E-state index contributed by atoms with van der Waals surface area (Å²) in [6.07, 6.45) is 4.20. The Morgan fingerprint density at radius 1 is 1.35 bits per heavy atom. The van der Waals surface area contributed by atoms with Gasteiger partial charge in [0.1, 0.15) is 5.60 Å². The van der Waals surface area contributed by atoms with Crippen LogP contribution in [0.5, 0.6) is 0 Å². The molecule has 7 heteroatoms. The highest BCUT2D eigenvalue weighted by molar-refractivity contribution is 5.73. The summed E-state index contributed by atoms with van der Waals surface area (Å²) in [5, 5.41) is 4.25. The minimum absolute atomic E-state index is 0.238. The third-order valence-electron chi connectivity index (χ3n) is 3.61. The highest BCUT2D eigenvalue weighted by Crippen LogP contribution is 2.24. The molecule has 0 bridgehead atoms. The highest BCUT2D eigenvalue weighted by Gasteiger charge is 2.24. The normalized spacial score (nSPS) is 15.6. The van der Waals surface area contributed by atoms with E-state index in [9.17, 15) is 4.79 Å². The Labute approximate surface area is 134 Å². The van der Waals surface area contributed by atoms with Gasteiger partial charge in [-0.3, -0.25) is 0 Å². The van der Waals surface area contributed by atoms with Gasteiger partial charge in [0.05, 0.1) is 17.4 Å². The number of anilines is 1. The maximum Gasteiger partial charge on any atom is 0.410 e. The fraction of sp³-hybridized carbons (Fsp3) is 0.438. The lowest BCUT2D eigenvalue weighted by Crippen LogP contribution is -2.39. The van der Waals surface area contributed by atoms with Crippen molar-refractivity contribution in [1.29, 1.82) is 0 Å². The molecule has 0 saturated carbocycles. The van der Waals surface area contributed by atoms with E-state index in [1.165, 1.54) is 0 Å². The molecule has 1 aliphatic heterocycles. The van der Waals surface area contributed by atoms with Crippen molar-refractivity contribution in [2.45, 2.75) is 32.8 Å². The molecule has 122 valence electrons. The number of rotatable bonds is 1. The Bertz CT molecular complexity index is 772. The van der Waals surface area contributed by atoms with Gasteiger partial charge in [-0.2, -0.15) is 0 Å². The van der Waals surface area contributed by atoms with E-state index in [1.807, 2.05) is 39.0 Å². The molecule has 1 amide bonds. The van der Waals surface area contributed by atoms with Crippen molar-refractivity contribution in [2.75, 3.05) is 18.8 Å². The molecule has 23 heavy (non-hydrogen) atoms. The van der Waals surface area contributed by atoms with Crippen molar-refractivity contribution in [3.8, 4) is 0 Å². The monoisotopic (exact) mass is 315 g/mol. The quantitative estimate of drug-likeness (QED) is 0.873. The number of hydrogen-bond donors (Lipinski definition) is 1. The van der Waals surface area contributed by atoms with Gasteiger partial charge in [0.2, 0.25) is 5.95 Å². The van der Waals surface area contributed by atoms with Crippen molar-refractivity contribution in [3.05, 3.63) is 30.1 Å². The molecule has 0 atom stereocenters. The van der Waals surface area contributed by atoms with Crippen molar-refractivity contribution in [3.63, 3.8) is 0 Å². The zero-order valence-electron chi connectivity index (χ0n) is 13.6. The Hall–Kier alpha value is -2.57. The molecule has 0 radical (unpaired) electrons. The van der Waals surface area contributed by atoms with Gasteiger partial charge < -0.3 is 15.4 Å². The summed E-state index contributed by atoms with van der Waals surface area (Å²) in [6.45, 7) is 6.75. The molecule has 2 N–H and O–H groups in total. The number of carbonyl (C=O) groups excluding carboxylic acids is 1. The van der Waals surface area contributed by atoms with Crippen LogP contribution in [0.4, 0.5) is 10.7 Å². The molecule has 2 aromatic rings. The van der Waals surface area contributed by atoms with Gasteiger partial charge in [-0.1, -0.05) is 6.08 Å². The van der Waals surface area contributed by atoms with Crippen LogP contribution in [0.1, 0.15) is 32.9 Å². The molecule has 0 spiro atoms. The van der Waals surface area contributed by atoms with Crippen LogP contribution >= 0.6 is 0 Å². The topological polar surface area (TPSA) is 85.8 Å². The van der Waals surface area contributed by atoms with E-state index >= 15 is 0 Å². The van der Waals surface area contributed by atoms with Crippen LogP contribution in [0.3, 0.4) is 0 Å². The van der Waals surface area contributed by atoms with Gasteiger partial charge in [0.15, 0.2) is 0 Å². The summed E-state index contributed by atoms with van der Waals surface area (Å²) in [5.74, 6) is 0.238. The molecule has 2 aromatic heterocycles. The van der Waals surface area contributed by atoms with Crippen LogP contribution in [0.25, 0.3) is 11.1 Å². The number of nitrogens with two attached hydrogens (primary N) is 1. The molecule has 0 aromatic carbocycles. The standard InChI is InChI=1S/C16H21N5O2/c1-16(2,3)23-15(22)20-8-6-11(7-9-20)13-5-4-12-10-18-14(17)19-21(12)13/h4-6,10H,7-9H2,1-3H3,(H2,17,19). The smallest absolute Gasteiger partial charge is 0.410 e. The molecule has 0 unspecified atom stereocenters. The van der Waals surface area contributed by atoms with Crippen LogP contribution < -0.4 is 5.73 Å². The number of nitrogen functional groups attached to an aromatic ring is 1. The first-order valence-corrected chi connectivity index (χ1v) is 7.61. The largest absolute Gasteiger partial charge is 0.444 e. The van der Waals surface area contributed by atoms with Crippen molar-refractivity contribution in [2.24, 2.45) is 0 Å². The summed E-state index contributed by atoms with van der Waals surface area (Å²) >= 11 is 0. The maximum atomic E-state index is 12.1. The maximum absolute atomic E-state index is 12.1. The van der Waals surface area contributed by atoms with Crippen LogP contribution in [0.15, 0.2) is 24.4 Å². The van der Waals surface area contributed by atoms with Crippen LogP contribution in [0, 0.1) is 0 Å². The number of fused-ring (bicyclic) bond motifs is 1. The molecule has 7 nitrogen and oxygen atoms in total. The second-order valence-electron chi connectivity index (χ2n) is 6.58. The Morgan fingerprint density at radius 2 is 2.13 bits per heavy atom. The number of aromatic nitrogens is 3. The fourth-order valence-electron chi connectivity index (χ4n) is 2.55. The lowest BCUT2D eigenvalue weighted by Gasteiger charge is -2.29. The summed E-state index contributed by atoms with van der Waals surface area (Å²) in [7, 11) is 0. The molecule has 0 fully saturated rings. The Morgan fingerprint density at radius 3 is 2.78 bits per heavy atom. The van der Waals surface area contributed by atoms with Crippen molar-refractivity contribution >= 4 is 23.1 Å². The van der Waals surface area contributed by atoms with Gasteiger partial charge >= 0.3 is 6.09 Å². The zero-order chi connectivity index (χ0) is 16.6. The van der Waals surface area contributed by atoms with Gasteiger partial charge in [-0.05, 0) is 44.9 Å². The van der Waals surface area contributed by atoms with E-state index in [2.05, 4.69) is 10.1 Å². The molecular weight excluding hydrogens is 294 g/mol. The van der Waals surface area contributed by atoms with E-state index in [-0.39, 0.29) is 12.0 Å². The second-order valence-corrected chi connectivity index (χ2v) is 6.58. The molecule has 3 heterocycles. The summed E-state index contributed by atoms with van der Waals surface area (Å²) in [5.41, 5.74) is 8.21. The van der Waals surface area contributed by atoms with Gasteiger partial charge in [0, 0.05) is 13.1 Å². The van der Waals surface area contributed by atoms with E-state index in [0.717, 1.165) is 23.2 Å². The van der Waals surface area contributed by atoms with Gasteiger partial charge in [-0.15, -0.1) is 5.10 Å². The molecule has 1 aliphatic rings. The average molecular weight is 315 g/mol. The molecular formula is C16H21N5O2. The average Bonchev–Trinajstić information content (AvgIpc) is 2.88. The van der Waals surface area contributed by atoms with Crippen LogP contribution in [-0.2, 0) is 4.74 Å². The van der Waals surface area contributed by atoms with E-state index in [1.54, 1.807) is 15.6 Å². The molecule has 3 rings (SSSR count). The Kier molecular flexibility index (Phi) is 3.71.